The first-order valence-electron chi connectivity index (χ1n) is 6.88. The van der Waals surface area contributed by atoms with Crippen molar-refractivity contribution in [2.24, 2.45) is 0 Å². The van der Waals surface area contributed by atoms with Crippen molar-refractivity contribution in [3.05, 3.63) is 58.8 Å². The molecule has 0 unspecified atom stereocenters. The zero-order chi connectivity index (χ0) is 14.8. The van der Waals surface area contributed by atoms with E-state index in [4.69, 9.17) is 4.74 Å². The Morgan fingerprint density at radius 1 is 1.00 bits per heavy atom. The van der Waals surface area contributed by atoms with Crippen LogP contribution in [0.1, 0.15) is 6.92 Å². The molecule has 0 radical (unpaired) electrons. The second-order valence-electron chi connectivity index (χ2n) is 4.75. The van der Waals surface area contributed by atoms with Crippen molar-refractivity contribution in [3.63, 3.8) is 0 Å². The van der Waals surface area contributed by atoms with Gasteiger partial charge in [-0.15, -0.1) is 0 Å². The summed E-state index contributed by atoms with van der Waals surface area (Å²) in [6.07, 6.45) is 0. The number of nitrogens with zero attached hydrogens (tertiary/aromatic N) is 1. The maximum Gasteiger partial charge on any atom is 0.325 e. The van der Waals surface area contributed by atoms with E-state index in [9.17, 15) is 9.59 Å². The van der Waals surface area contributed by atoms with E-state index in [0.29, 0.717) is 17.4 Å². The summed E-state index contributed by atoms with van der Waals surface area (Å²) in [7, 11) is 0. The minimum atomic E-state index is -0.309. The van der Waals surface area contributed by atoms with Crippen LogP contribution in [0.2, 0.25) is 0 Å². The first kappa shape index (κ1) is 13.4. The molecule has 0 saturated carbocycles. The van der Waals surface area contributed by atoms with Crippen LogP contribution in [0.3, 0.4) is 0 Å². The number of benzene rings is 2. The molecule has 0 saturated heterocycles. The Morgan fingerprint density at radius 3 is 2.05 bits per heavy atom. The van der Waals surface area contributed by atoms with Gasteiger partial charge in [-0.05, 0) is 31.2 Å². The third-order valence-corrected chi connectivity index (χ3v) is 3.47. The Hall–Kier alpha value is -2.62. The summed E-state index contributed by atoms with van der Waals surface area (Å²) in [5, 5.41) is 1.22. The van der Waals surface area contributed by atoms with E-state index >= 15 is 0 Å². The summed E-state index contributed by atoms with van der Waals surface area (Å²) in [5.41, 5.74) is 1.48. The molecule has 0 amide bonds. The highest BCUT2D eigenvalue weighted by Crippen LogP contribution is 2.19. The van der Waals surface area contributed by atoms with E-state index in [2.05, 4.69) is 0 Å². The molecule has 21 heavy (non-hydrogen) atoms. The van der Waals surface area contributed by atoms with Gasteiger partial charge in [0.05, 0.1) is 17.6 Å². The normalized spacial score (nSPS) is 10.9. The van der Waals surface area contributed by atoms with Gasteiger partial charge in [0, 0.05) is 10.8 Å². The van der Waals surface area contributed by atoms with Crippen LogP contribution in [0.4, 0.5) is 0 Å². The van der Waals surface area contributed by atoms with Gasteiger partial charge in [0.25, 0.3) is 0 Å². The van der Waals surface area contributed by atoms with Crippen molar-refractivity contribution in [2.75, 3.05) is 6.61 Å². The van der Waals surface area contributed by atoms with Gasteiger partial charge in [0.2, 0.25) is 0 Å². The molecule has 0 atom stereocenters. The molecule has 3 aromatic rings. The molecule has 106 valence electrons. The Labute approximate surface area is 121 Å². The zero-order valence-corrected chi connectivity index (χ0v) is 11.7. The van der Waals surface area contributed by atoms with E-state index in [-0.39, 0.29) is 17.9 Å². The topological polar surface area (TPSA) is 48.3 Å². The van der Waals surface area contributed by atoms with E-state index in [1.54, 1.807) is 19.1 Å². The molecule has 4 nitrogen and oxygen atoms in total. The van der Waals surface area contributed by atoms with Crippen LogP contribution in [-0.4, -0.2) is 17.1 Å². The molecule has 0 N–H and O–H groups in total. The molecule has 3 rings (SSSR count). The molecule has 0 aliphatic heterocycles. The Bertz CT molecular complexity index is 820. The standard InChI is InChI=1S/C17H15NO3/c1-2-21-16(19)11-18-14-9-5-3-7-12(14)17(20)13-8-4-6-10-15(13)18/h3-10H,2,11H2,1H3. The van der Waals surface area contributed by atoms with Crippen molar-refractivity contribution in [1.29, 1.82) is 0 Å². The quantitative estimate of drug-likeness (QED) is 0.548. The van der Waals surface area contributed by atoms with Gasteiger partial charge in [-0.3, -0.25) is 9.59 Å². The van der Waals surface area contributed by atoms with Crippen LogP contribution in [0.15, 0.2) is 53.3 Å². The average Bonchev–Trinajstić information content (AvgIpc) is 2.52. The number of pyridine rings is 1. The summed E-state index contributed by atoms with van der Waals surface area (Å²) in [6.45, 7) is 2.21. The number of ether oxygens (including phenoxy) is 1. The fourth-order valence-electron chi connectivity index (χ4n) is 2.58. The largest absolute Gasteiger partial charge is 0.465 e. The lowest BCUT2D eigenvalue weighted by Gasteiger charge is -2.14. The maximum absolute atomic E-state index is 12.5. The first-order valence-corrected chi connectivity index (χ1v) is 6.88. The molecule has 0 bridgehead atoms. The predicted octanol–water partition coefficient (Wildman–Crippen LogP) is 2.72. The second kappa shape index (κ2) is 5.40. The van der Waals surface area contributed by atoms with Crippen molar-refractivity contribution < 1.29 is 9.53 Å². The molecule has 0 spiro atoms. The molecule has 0 aliphatic carbocycles. The smallest absolute Gasteiger partial charge is 0.325 e. The average molecular weight is 281 g/mol. The van der Waals surface area contributed by atoms with Gasteiger partial charge in [0.1, 0.15) is 6.54 Å². The fourth-order valence-corrected chi connectivity index (χ4v) is 2.58. The highest BCUT2D eigenvalue weighted by Gasteiger charge is 2.12. The van der Waals surface area contributed by atoms with Crippen molar-refractivity contribution in [2.45, 2.75) is 13.5 Å². The van der Waals surface area contributed by atoms with Crippen LogP contribution >= 0.6 is 0 Å². The van der Waals surface area contributed by atoms with E-state index in [0.717, 1.165) is 11.0 Å². The lowest BCUT2D eigenvalue weighted by atomic mass is 10.1. The lowest BCUT2D eigenvalue weighted by Crippen LogP contribution is -2.18. The number of aromatic nitrogens is 1. The molecule has 1 heterocycles. The maximum atomic E-state index is 12.5. The molecule has 0 fully saturated rings. The van der Waals surface area contributed by atoms with Gasteiger partial charge in [-0.2, -0.15) is 0 Å². The summed E-state index contributed by atoms with van der Waals surface area (Å²) in [5.74, 6) is -0.309. The third-order valence-electron chi connectivity index (χ3n) is 3.47. The van der Waals surface area contributed by atoms with Crippen LogP contribution in [0.5, 0.6) is 0 Å². The van der Waals surface area contributed by atoms with Gasteiger partial charge >= 0.3 is 5.97 Å². The van der Waals surface area contributed by atoms with Crippen molar-refractivity contribution in [1.82, 2.24) is 4.57 Å². The van der Waals surface area contributed by atoms with E-state index in [1.165, 1.54) is 0 Å². The zero-order valence-electron chi connectivity index (χ0n) is 11.7. The number of carbonyl (C=O) groups excluding carboxylic acids is 1. The van der Waals surface area contributed by atoms with E-state index in [1.807, 2.05) is 41.0 Å². The Morgan fingerprint density at radius 2 is 1.52 bits per heavy atom. The highest BCUT2D eigenvalue weighted by molar-refractivity contribution is 5.94. The lowest BCUT2D eigenvalue weighted by molar-refractivity contribution is -0.143. The minimum Gasteiger partial charge on any atom is -0.465 e. The van der Waals surface area contributed by atoms with Crippen LogP contribution < -0.4 is 5.43 Å². The molecule has 1 aromatic heterocycles. The van der Waals surface area contributed by atoms with Gasteiger partial charge in [0.15, 0.2) is 5.43 Å². The van der Waals surface area contributed by atoms with Crippen LogP contribution in [0, 0.1) is 0 Å². The fraction of sp³-hybridized carbons (Fsp3) is 0.176. The molecule has 0 aliphatic rings. The molecular weight excluding hydrogens is 266 g/mol. The number of hydrogen-bond acceptors (Lipinski definition) is 3. The summed E-state index contributed by atoms with van der Waals surface area (Å²) < 4.78 is 6.87. The van der Waals surface area contributed by atoms with Gasteiger partial charge in [-0.1, -0.05) is 24.3 Å². The van der Waals surface area contributed by atoms with Crippen LogP contribution in [0.25, 0.3) is 21.8 Å². The molecular formula is C17H15NO3. The number of hydrogen-bond donors (Lipinski definition) is 0. The number of para-hydroxylation sites is 2. The monoisotopic (exact) mass is 281 g/mol. The van der Waals surface area contributed by atoms with E-state index < -0.39 is 0 Å². The highest BCUT2D eigenvalue weighted by atomic mass is 16.5. The number of carbonyl (C=O) groups is 1. The van der Waals surface area contributed by atoms with Gasteiger partial charge < -0.3 is 9.30 Å². The molecule has 4 heteroatoms. The Balaban J connectivity index is 2.35. The number of esters is 1. The predicted molar refractivity (Wildman–Crippen MR) is 82.3 cm³/mol. The Kier molecular flexibility index (Phi) is 3.44. The summed E-state index contributed by atoms with van der Waals surface area (Å²) >= 11 is 0. The first-order chi connectivity index (χ1) is 10.2. The third kappa shape index (κ3) is 2.29. The van der Waals surface area contributed by atoms with Crippen molar-refractivity contribution >= 4 is 27.8 Å². The van der Waals surface area contributed by atoms with Crippen LogP contribution in [-0.2, 0) is 16.1 Å². The summed E-state index contributed by atoms with van der Waals surface area (Å²) in [4.78, 5) is 24.4. The number of fused-ring (bicyclic) bond motifs is 2. The summed E-state index contributed by atoms with van der Waals surface area (Å²) in [6, 6.07) is 14.6. The molecule has 2 aromatic carbocycles. The second-order valence-corrected chi connectivity index (χ2v) is 4.75. The van der Waals surface area contributed by atoms with Crippen molar-refractivity contribution in [3.8, 4) is 0 Å². The number of rotatable bonds is 3. The SMILES string of the molecule is CCOC(=O)Cn1c2ccccc2c(=O)c2ccccc21. The van der Waals surface area contributed by atoms with Gasteiger partial charge in [-0.25, -0.2) is 0 Å². The minimum absolute atomic E-state index is 0.0127.